The lowest BCUT2D eigenvalue weighted by atomic mass is 10.0. The lowest BCUT2D eigenvalue weighted by molar-refractivity contribution is -0.130. The standard InChI is InChI=1S/C31H29FN6O5/c32-26-9-6-22-13-25(26)31(41)36-27-15-38(30(40)10-11-37-18-34-35-19-37)16-28(27)43-23-7-4-20(5-8-23)14-33-29(39)17-42-24-3-1-2-21(22)12-24/h1-9,12-13,18-19,27-28H,10-11,14-17H2,(H,33,39)(H,36,41)/t27-,28-/m0/s1. The van der Waals surface area contributed by atoms with Gasteiger partial charge in [0.1, 0.15) is 36.1 Å². The van der Waals surface area contributed by atoms with Crippen LogP contribution in [-0.4, -0.2) is 69.2 Å². The number of hydrogen-bond acceptors (Lipinski definition) is 7. The molecule has 4 heterocycles. The zero-order valence-electron chi connectivity index (χ0n) is 23.1. The molecule has 0 aliphatic carbocycles. The van der Waals surface area contributed by atoms with Gasteiger partial charge in [-0.1, -0.05) is 30.3 Å². The molecular weight excluding hydrogens is 555 g/mol. The first-order valence-electron chi connectivity index (χ1n) is 13.9. The van der Waals surface area contributed by atoms with Crippen LogP contribution in [0.25, 0.3) is 11.1 Å². The largest absolute Gasteiger partial charge is 0.486 e. The van der Waals surface area contributed by atoms with Crippen LogP contribution in [0.4, 0.5) is 4.39 Å². The van der Waals surface area contributed by atoms with E-state index < -0.39 is 23.9 Å². The van der Waals surface area contributed by atoms with Gasteiger partial charge >= 0.3 is 0 Å². The molecule has 12 heteroatoms. The van der Waals surface area contributed by atoms with Crippen LogP contribution in [0.3, 0.4) is 0 Å². The summed E-state index contributed by atoms with van der Waals surface area (Å²) in [6.07, 6.45) is 2.71. The Morgan fingerprint density at radius 3 is 2.56 bits per heavy atom. The molecule has 11 nitrogen and oxygen atoms in total. The van der Waals surface area contributed by atoms with Crippen LogP contribution in [0.5, 0.6) is 11.5 Å². The zero-order chi connectivity index (χ0) is 29.8. The van der Waals surface area contributed by atoms with Crippen molar-refractivity contribution in [2.45, 2.75) is 31.7 Å². The monoisotopic (exact) mass is 584 g/mol. The molecule has 6 bridgehead atoms. The summed E-state index contributed by atoms with van der Waals surface area (Å²) in [6, 6.07) is 17.9. The van der Waals surface area contributed by atoms with Crippen LogP contribution in [0.2, 0.25) is 0 Å². The topological polar surface area (TPSA) is 128 Å². The van der Waals surface area contributed by atoms with Gasteiger partial charge in [0.2, 0.25) is 5.91 Å². The van der Waals surface area contributed by atoms with Crippen LogP contribution in [-0.2, 0) is 22.7 Å². The molecule has 1 aromatic heterocycles. The molecule has 0 spiro atoms. The van der Waals surface area contributed by atoms with Crippen molar-refractivity contribution >= 4 is 17.7 Å². The predicted octanol–water partition coefficient (Wildman–Crippen LogP) is 2.57. The first-order chi connectivity index (χ1) is 20.9. The minimum Gasteiger partial charge on any atom is -0.486 e. The zero-order valence-corrected chi connectivity index (χ0v) is 23.1. The SMILES string of the molecule is O=C1COc2cccc(c2)-c2ccc(F)c(c2)C(=O)N[C@H]2CN(C(=O)CCn3cnnc3)C[C@@H]2Oc2ccc(cc2)CN1. The number of fused-ring (bicyclic) bond motifs is 7. The average molecular weight is 585 g/mol. The predicted molar refractivity (Wildman–Crippen MR) is 153 cm³/mol. The van der Waals surface area contributed by atoms with E-state index in [1.165, 1.54) is 24.8 Å². The minimum atomic E-state index is -0.680. The molecule has 1 fully saturated rings. The number of nitrogens with one attached hydrogen (secondary N) is 2. The van der Waals surface area contributed by atoms with E-state index in [1.807, 2.05) is 12.1 Å². The van der Waals surface area contributed by atoms with Crippen molar-refractivity contribution in [1.29, 1.82) is 0 Å². The number of halogens is 1. The number of nitrogens with zero attached hydrogens (tertiary/aromatic N) is 4. The summed E-state index contributed by atoms with van der Waals surface area (Å²) in [7, 11) is 0. The van der Waals surface area contributed by atoms with Gasteiger partial charge in [0.25, 0.3) is 11.8 Å². The molecule has 0 unspecified atom stereocenters. The van der Waals surface area contributed by atoms with Crippen molar-refractivity contribution < 1.29 is 28.2 Å². The number of carbonyl (C=O) groups excluding carboxylic acids is 3. The molecule has 1 saturated heterocycles. The number of carbonyl (C=O) groups is 3. The second kappa shape index (κ2) is 12.3. The van der Waals surface area contributed by atoms with Gasteiger partial charge in [-0.3, -0.25) is 14.4 Å². The Kier molecular flexibility index (Phi) is 7.98. The third-order valence-electron chi connectivity index (χ3n) is 7.43. The summed E-state index contributed by atoms with van der Waals surface area (Å²) in [5.41, 5.74) is 2.00. The lowest BCUT2D eigenvalue weighted by Gasteiger charge is -2.21. The van der Waals surface area contributed by atoms with E-state index in [0.29, 0.717) is 35.7 Å². The highest BCUT2D eigenvalue weighted by molar-refractivity contribution is 5.96. The van der Waals surface area contributed by atoms with Gasteiger partial charge in [-0.05, 0) is 53.1 Å². The number of hydrogen-bond donors (Lipinski definition) is 2. The fourth-order valence-electron chi connectivity index (χ4n) is 5.11. The Labute approximate surface area is 246 Å². The van der Waals surface area contributed by atoms with Crippen LogP contribution in [0.1, 0.15) is 22.3 Å². The molecule has 0 radical (unpaired) electrons. The van der Waals surface area contributed by atoms with E-state index >= 15 is 0 Å². The van der Waals surface area contributed by atoms with Crippen molar-refractivity contribution in [3.63, 3.8) is 0 Å². The molecule has 2 N–H and O–H groups in total. The molecule has 3 aliphatic rings. The third kappa shape index (κ3) is 6.64. The molecule has 3 aromatic carbocycles. The number of aryl methyl sites for hydroxylation is 1. The Morgan fingerprint density at radius 1 is 0.953 bits per heavy atom. The smallest absolute Gasteiger partial charge is 0.258 e. The summed E-state index contributed by atoms with van der Waals surface area (Å²) in [6.45, 7) is 0.964. The molecule has 3 amide bonds. The van der Waals surface area contributed by atoms with Gasteiger partial charge < -0.3 is 29.6 Å². The van der Waals surface area contributed by atoms with Gasteiger partial charge in [-0.15, -0.1) is 10.2 Å². The van der Waals surface area contributed by atoms with Crippen LogP contribution >= 0.6 is 0 Å². The van der Waals surface area contributed by atoms with E-state index in [4.69, 9.17) is 9.47 Å². The molecule has 220 valence electrons. The van der Waals surface area contributed by atoms with Gasteiger partial charge in [0.15, 0.2) is 6.61 Å². The molecular formula is C31H29FN6O5. The summed E-state index contributed by atoms with van der Waals surface area (Å²) < 4.78 is 28.6. The van der Waals surface area contributed by atoms with Gasteiger partial charge in [0, 0.05) is 26.1 Å². The second-order valence-corrected chi connectivity index (χ2v) is 10.4. The molecule has 4 aromatic rings. The molecule has 7 rings (SSSR count). The van der Waals surface area contributed by atoms with E-state index in [2.05, 4.69) is 20.8 Å². The number of likely N-dealkylation sites (tertiary alicyclic amines) is 1. The Morgan fingerprint density at radius 2 is 1.74 bits per heavy atom. The minimum absolute atomic E-state index is 0.120. The Balaban J connectivity index is 1.28. The van der Waals surface area contributed by atoms with Gasteiger partial charge in [0.05, 0.1) is 18.2 Å². The van der Waals surface area contributed by atoms with Crippen molar-refractivity contribution in [3.8, 4) is 22.6 Å². The molecule has 2 atom stereocenters. The maximum atomic E-state index is 15.0. The Bertz CT molecular complexity index is 1630. The number of aromatic nitrogens is 3. The van der Waals surface area contributed by atoms with Gasteiger partial charge in [-0.2, -0.15) is 0 Å². The van der Waals surface area contributed by atoms with E-state index in [1.54, 1.807) is 51.9 Å². The molecule has 0 saturated carbocycles. The Hall–Kier alpha value is -5.26. The molecule has 3 aliphatic heterocycles. The first kappa shape index (κ1) is 27.9. The van der Waals surface area contributed by atoms with Crippen LogP contribution in [0.15, 0.2) is 79.4 Å². The lowest BCUT2D eigenvalue weighted by Crippen LogP contribution is -2.45. The summed E-state index contributed by atoms with van der Waals surface area (Å²) >= 11 is 0. The van der Waals surface area contributed by atoms with E-state index in [9.17, 15) is 18.8 Å². The maximum absolute atomic E-state index is 15.0. The summed E-state index contributed by atoms with van der Waals surface area (Å²) in [5, 5.41) is 13.3. The highest BCUT2D eigenvalue weighted by atomic mass is 19.1. The quantitative estimate of drug-likeness (QED) is 0.379. The normalized spacial score (nSPS) is 18.6. The highest BCUT2D eigenvalue weighted by Gasteiger charge is 2.38. The van der Waals surface area contributed by atoms with Crippen molar-refractivity contribution in [2.75, 3.05) is 19.7 Å². The van der Waals surface area contributed by atoms with Crippen LogP contribution < -0.4 is 20.1 Å². The maximum Gasteiger partial charge on any atom is 0.258 e. The first-order valence-corrected chi connectivity index (χ1v) is 13.9. The van der Waals surface area contributed by atoms with Crippen molar-refractivity contribution in [1.82, 2.24) is 30.3 Å². The number of rotatable bonds is 3. The fourth-order valence-corrected chi connectivity index (χ4v) is 5.11. The van der Waals surface area contributed by atoms with Crippen molar-refractivity contribution in [2.24, 2.45) is 0 Å². The average Bonchev–Trinajstić information content (AvgIpc) is 3.69. The summed E-state index contributed by atoms with van der Waals surface area (Å²) in [5.74, 6) is -0.718. The highest BCUT2D eigenvalue weighted by Crippen LogP contribution is 2.27. The van der Waals surface area contributed by atoms with E-state index in [-0.39, 0.29) is 43.5 Å². The molecule has 43 heavy (non-hydrogen) atoms. The number of ether oxygens (including phenoxy) is 2. The summed E-state index contributed by atoms with van der Waals surface area (Å²) in [4.78, 5) is 40.6. The van der Waals surface area contributed by atoms with Crippen molar-refractivity contribution in [3.05, 3.63) is 96.3 Å². The van der Waals surface area contributed by atoms with E-state index in [0.717, 1.165) is 5.56 Å². The fraction of sp³-hybridized carbons (Fsp3) is 0.258. The number of benzene rings is 3. The van der Waals surface area contributed by atoms with Crippen LogP contribution in [0, 0.1) is 5.82 Å². The van der Waals surface area contributed by atoms with Gasteiger partial charge in [-0.25, -0.2) is 4.39 Å². The number of amides is 3. The third-order valence-corrected chi connectivity index (χ3v) is 7.43. The second-order valence-electron chi connectivity index (χ2n) is 10.4.